The largest absolute Gasteiger partial charge is 0.459 e. The van der Waals surface area contributed by atoms with Gasteiger partial charge in [0.05, 0.1) is 22.9 Å². The molecule has 184 valence electrons. The highest BCUT2D eigenvalue weighted by Crippen LogP contribution is 2.33. The Kier molecular flexibility index (Phi) is 7.04. The number of rotatable bonds is 4. The molecule has 34 heavy (non-hydrogen) atoms. The topological polar surface area (TPSA) is 73.1 Å². The summed E-state index contributed by atoms with van der Waals surface area (Å²) in [7, 11) is 0. The molecule has 0 spiro atoms. The van der Waals surface area contributed by atoms with Crippen LogP contribution in [0.5, 0.6) is 0 Å². The Morgan fingerprint density at radius 1 is 1.06 bits per heavy atom. The summed E-state index contributed by atoms with van der Waals surface area (Å²) in [6.07, 6.45) is -2.26. The van der Waals surface area contributed by atoms with Crippen molar-refractivity contribution in [3.8, 4) is 0 Å². The van der Waals surface area contributed by atoms with E-state index in [9.17, 15) is 22.8 Å². The van der Waals surface area contributed by atoms with Gasteiger partial charge in [-0.1, -0.05) is 11.6 Å². The van der Waals surface area contributed by atoms with E-state index in [4.69, 9.17) is 16.0 Å². The number of anilines is 1. The molecular formula is C22H25ClF3N5O3. The van der Waals surface area contributed by atoms with Crippen molar-refractivity contribution in [2.75, 3.05) is 57.3 Å². The van der Waals surface area contributed by atoms with Crippen LogP contribution in [0, 0.1) is 0 Å². The van der Waals surface area contributed by atoms with Gasteiger partial charge in [-0.05, 0) is 25.1 Å². The number of hydrogen-bond acceptors (Lipinski definition) is 6. The Bertz CT molecular complexity index is 1020. The van der Waals surface area contributed by atoms with Crippen molar-refractivity contribution in [3.63, 3.8) is 0 Å². The number of furan rings is 1. The Hall–Kier alpha value is -2.79. The molecule has 0 unspecified atom stereocenters. The fourth-order valence-corrected chi connectivity index (χ4v) is 4.53. The maximum Gasteiger partial charge on any atom is 0.417 e. The average molecular weight is 500 g/mol. The summed E-state index contributed by atoms with van der Waals surface area (Å²) in [5.41, 5.74) is -0.884. The van der Waals surface area contributed by atoms with E-state index in [1.165, 1.54) is 6.26 Å². The molecule has 4 heterocycles. The summed E-state index contributed by atoms with van der Waals surface area (Å²) in [6.45, 7) is 5.67. The number of alkyl halides is 3. The monoisotopic (exact) mass is 499 g/mol. The summed E-state index contributed by atoms with van der Waals surface area (Å²) in [5.74, 6) is 0.403. The number of hydrogen-bond donors (Lipinski definition) is 0. The van der Waals surface area contributed by atoms with E-state index in [0.717, 1.165) is 12.3 Å². The number of aromatic nitrogens is 1. The molecule has 1 atom stereocenters. The van der Waals surface area contributed by atoms with Gasteiger partial charge in [0.25, 0.3) is 5.91 Å². The van der Waals surface area contributed by atoms with Gasteiger partial charge in [-0.25, -0.2) is 4.98 Å². The van der Waals surface area contributed by atoms with Gasteiger partial charge in [0.1, 0.15) is 5.82 Å². The van der Waals surface area contributed by atoms with Crippen LogP contribution in [0.4, 0.5) is 19.0 Å². The molecule has 0 N–H and O–H groups in total. The molecule has 2 aromatic rings. The molecule has 0 aromatic carbocycles. The lowest BCUT2D eigenvalue weighted by atomic mass is 10.1. The summed E-state index contributed by atoms with van der Waals surface area (Å²) >= 11 is 6.07. The smallest absolute Gasteiger partial charge is 0.417 e. The van der Waals surface area contributed by atoms with E-state index in [1.807, 2.05) is 16.7 Å². The molecule has 2 aliphatic heterocycles. The second-order valence-electron chi connectivity index (χ2n) is 8.32. The van der Waals surface area contributed by atoms with Gasteiger partial charge in [0.15, 0.2) is 5.76 Å². The first-order valence-corrected chi connectivity index (χ1v) is 11.4. The van der Waals surface area contributed by atoms with E-state index in [0.29, 0.717) is 58.2 Å². The summed E-state index contributed by atoms with van der Waals surface area (Å²) < 4.78 is 43.7. The molecule has 0 saturated carbocycles. The minimum absolute atomic E-state index is 0.00997. The highest BCUT2D eigenvalue weighted by atomic mass is 35.5. The van der Waals surface area contributed by atoms with Crippen molar-refractivity contribution in [2.24, 2.45) is 0 Å². The number of piperazine rings is 2. The van der Waals surface area contributed by atoms with E-state index >= 15 is 0 Å². The normalized spacial score (nSPS) is 18.8. The fraction of sp³-hybridized carbons (Fsp3) is 0.500. The van der Waals surface area contributed by atoms with Crippen molar-refractivity contribution in [1.29, 1.82) is 0 Å². The lowest BCUT2D eigenvalue weighted by Crippen LogP contribution is -2.58. The first-order valence-electron chi connectivity index (χ1n) is 11.0. The SMILES string of the molecule is C[C@H](C(=O)N1CCN(C(=O)c2ccco2)CC1)N1CCN(c2ncc(C(F)(F)F)cc2Cl)CC1. The summed E-state index contributed by atoms with van der Waals surface area (Å²) in [5, 5.41) is -0.0469. The molecule has 2 aromatic heterocycles. The van der Waals surface area contributed by atoms with Gasteiger partial charge in [-0.15, -0.1) is 0 Å². The third-order valence-corrected chi connectivity index (χ3v) is 6.56. The maximum absolute atomic E-state index is 13.0. The van der Waals surface area contributed by atoms with E-state index < -0.39 is 11.7 Å². The molecule has 0 bridgehead atoms. The molecule has 2 amide bonds. The van der Waals surface area contributed by atoms with Crippen molar-refractivity contribution in [1.82, 2.24) is 19.7 Å². The number of amides is 2. The lowest BCUT2D eigenvalue weighted by molar-refractivity contribution is -0.138. The van der Waals surface area contributed by atoms with E-state index in [-0.39, 0.29) is 28.6 Å². The second kappa shape index (κ2) is 9.83. The Morgan fingerprint density at radius 3 is 2.26 bits per heavy atom. The Balaban J connectivity index is 1.28. The highest BCUT2D eigenvalue weighted by molar-refractivity contribution is 6.33. The zero-order chi connectivity index (χ0) is 24.5. The van der Waals surface area contributed by atoms with Crippen LogP contribution >= 0.6 is 11.6 Å². The number of carbonyl (C=O) groups is 2. The predicted octanol–water partition coefficient (Wildman–Crippen LogP) is 2.84. The Labute approximate surface area is 199 Å². The molecule has 12 heteroatoms. The number of halogens is 4. The highest BCUT2D eigenvalue weighted by Gasteiger charge is 2.34. The molecule has 4 rings (SSSR count). The van der Waals surface area contributed by atoms with Gasteiger partial charge in [0, 0.05) is 58.6 Å². The minimum atomic E-state index is -4.50. The summed E-state index contributed by atoms with van der Waals surface area (Å²) in [4.78, 5) is 36.7. The number of pyridine rings is 1. The van der Waals surface area contributed by atoms with Gasteiger partial charge < -0.3 is 19.1 Å². The van der Waals surface area contributed by atoms with Crippen molar-refractivity contribution < 1.29 is 27.2 Å². The summed E-state index contributed by atoms with van der Waals surface area (Å²) in [6, 6.07) is 3.81. The van der Waals surface area contributed by atoms with Crippen LogP contribution in [-0.2, 0) is 11.0 Å². The molecule has 0 aliphatic carbocycles. The molecule has 2 saturated heterocycles. The van der Waals surface area contributed by atoms with Crippen LogP contribution in [0.2, 0.25) is 5.02 Å². The predicted molar refractivity (Wildman–Crippen MR) is 119 cm³/mol. The molecule has 0 radical (unpaired) electrons. The zero-order valence-corrected chi connectivity index (χ0v) is 19.3. The number of nitrogens with zero attached hydrogens (tertiary/aromatic N) is 5. The molecule has 8 nitrogen and oxygen atoms in total. The molecule has 2 aliphatic rings. The standard InChI is InChI=1S/C22H25ClF3N5O3/c1-15(20(32)30-8-10-31(11-9-30)21(33)18-3-2-12-34-18)28-4-6-29(7-5-28)19-17(23)13-16(14-27-19)22(24,25)26/h2-3,12-15H,4-11H2,1H3/t15-/m1/s1. The van der Waals surface area contributed by atoms with Crippen LogP contribution < -0.4 is 4.90 Å². The third-order valence-electron chi connectivity index (χ3n) is 6.28. The van der Waals surface area contributed by atoms with Crippen LogP contribution in [0.15, 0.2) is 35.1 Å². The maximum atomic E-state index is 13.0. The Morgan fingerprint density at radius 2 is 1.71 bits per heavy atom. The first-order chi connectivity index (χ1) is 16.1. The van der Waals surface area contributed by atoms with Crippen LogP contribution in [0.25, 0.3) is 0 Å². The molecular weight excluding hydrogens is 475 g/mol. The van der Waals surface area contributed by atoms with Crippen molar-refractivity contribution >= 4 is 29.2 Å². The second-order valence-corrected chi connectivity index (χ2v) is 8.73. The molecule has 2 fully saturated rings. The van der Waals surface area contributed by atoms with Crippen LogP contribution in [-0.4, -0.2) is 89.9 Å². The minimum Gasteiger partial charge on any atom is -0.459 e. The van der Waals surface area contributed by atoms with Crippen LogP contribution in [0.3, 0.4) is 0 Å². The van der Waals surface area contributed by atoms with Gasteiger partial charge in [-0.2, -0.15) is 13.2 Å². The van der Waals surface area contributed by atoms with Crippen LogP contribution in [0.1, 0.15) is 23.0 Å². The lowest BCUT2D eigenvalue weighted by Gasteiger charge is -2.41. The van der Waals surface area contributed by atoms with E-state index in [1.54, 1.807) is 21.9 Å². The average Bonchev–Trinajstić information content (AvgIpc) is 3.37. The van der Waals surface area contributed by atoms with Gasteiger partial charge in [-0.3, -0.25) is 14.5 Å². The van der Waals surface area contributed by atoms with Crippen molar-refractivity contribution in [3.05, 3.63) is 47.0 Å². The fourth-order valence-electron chi connectivity index (χ4n) is 4.25. The third kappa shape index (κ3) is 5.15. The van der Waals surface area contributed by atoms with Gasteiger partial charge in [0.2, 0.25) is 5.91 Å². The zero-order valence-electron chi connectivity index (χ0n) is 18.6. The van der Waals surface area contributed by atoms with Crippen molar-refractivity contribution in [2.45, 2.75) is 19.1 Å². The van der Waals surface area contributed by atoms with E-state index in [2.05, 4.69) is 4.98 Å². The first kappa shape index (κ1) is 24.3. The quantitative estimate of drug-likeness (QED) is 0.644. The number of carbonyl (C=O) groups excluding carboxylic acids is 2. The van der Waals surface area contributed by atoms with Gasteiger partial charge >= 0.3 is 6.18 Å².